The number of rotatable bonds is 11. The molecule has 0 atom stereocenters. The molecule has 42 heavy (non-hydrogen) atoms. The number of likely N-dealkylation sites (N-methyl/N-ethyl adjacent to an activating group) is 1. The maximum absolute atomic E-state index is 10.9. The van der Waals surface area contributed by atoms with E-state index in [1.165, 1.54) is 0 Å². The molecule has 10 nitrogen and oxygen atoms in total. The molecular weight excluding hydrogens is 577 g/mol. The van der Waals surface area contributed by atoms with Gasteiger partial charge in [0.25, 0.3) is 0 Å². The highest BCUT2D eigenvalue weighted by Gasteiger charge is 2.20. The minimum atomic E-state index is 0.434. The van der Waals surface area contributed by atoms with Crippen molar-refractivity contribution in [2.75, 3.05) is 38.7 Å². The number of hydrogen-bond donors (Lipinski definition) is 1. The van der Waals surface area contributed by atoms with Crippen LogP contribution in [0, 0.1) is 5.92 Å². The van der Waals surface area contributed by atoms with Crippen molar-refractivity contribution in [3.05, 3.63) is 77.1 Å². The average molecular weight is 613 g/mol. The van der Waals surface area contributed by atoms with Gasteiger partial charge in [-0.2, -0.15) is 0 Å². The molecule has 4 aromatic rings. The summed E-state index contributed by atoms with van der Waals surface area (Å²) in [6, 6.07) is 9.36. The van der Waals surface area contributed by atoms with E-state index in [1.54, 1.807) is 31.0 Å². The molecule has 0 radical (unpaired) electrons. The van der Waals surface area contributed by atoms with E-state index in [1.807, 2.05) is 47.0 Å². The van der Waals surface area contributed by atoms with Crippen LogP contribution in [0.1, 0.15) is 24.8 Å². The predicted molar refractivity (Wildman–Crippen MR) is 164 cm³/mol. The molecule has 1 aromatic carbocycles. The first-order valence-electron chi connectivity index (χ1n) is 13.7. The number of carbonyl (C=O) groups excluding carboxylic acids is 1. The number of imidazole rings is 1. The number of aliphatic hydroxyl groups excluding tert-OH is 1. The summed E-state index contributed by atoms with van der Waals surface area (Å²) in [6.07, 6.45) is 12.5. The molecule has 0 unspecified atom stereocenters. The van der Waals surface area contributed by atoms with Crippen LogP contribution in [-0.2, 0) is 17.9 Å². The normalized spacial score (nSPS) is 13.7. The fourth-order valence-electron chi connectivity index (χ4n) is 4.79. The number of hydrogen-bond acceptors (Lipinski definition) is 9. The van der Waals surface area contributed by atoms with Crippen LogP contribution in [0.4, 0.5) is 5.95 Å². The Bertz CT molecular complexity index is 1390. The second-order valence-corrected chi connectivity index (χ2v) is 10.9. The summed E-state index contributed by atoms with van der Waals surface area (Å²) in [5.41, 5.74) is 2.58. The van der Waals surface area contributed by atoms with Crippen molar-refractivity contribution in [1.29, 1.82) is 0 Å². The lowest BCUT2D eigenvalue weighted by Gasteiger charge is -2.31. The number of aromatic nitrogens is 5. The highest BCUT2D eigenvalue weighted by Crippen LogP contribution is 2.31. The fourth-order valence-corrected chi connectivity index (χ4v) is 5.32. The SMILES string of the molecule is CN(CCn1ccnc1)c1ncc(Oc2cc(CN3CCC(CC=O)CC3)cc(-c3cc(Cl)cc(Cl)c3)n2)cn1.CO. The topological polar surface area (TPSA) is 110 Å². The lowest BCUT2D eigenvalue weighted by atomic mass is 9.94. The standard InChI is InChI=1S/C29H31Cl2N7O2.CH4O/c1-36(9-10-38-8-5-32-20-38)29-33-17-26(18-34-29)40-28-13-22(19-37-6-2-21(3-7-37)4-11-39)12-27(35-28)23-14-24(30)16-25(31)15-23;1-2/h5,8,11-18,20-21H,2-4,6-7,9-10,19H2,1H3;2H,1H3. The average Bonchev–Trinajstić information content (AvgIpc) is 3.52. The second-order valence-electron chi connectivity index (χ2n) is 10.0. The summed E-state index contributed by atoms with van der Waals surface area (Å²) >= 11 is 12.6. The van der Waals surface area contributed by atoms with Gasteiger partial charge in [-0.05, 0) is 61.7 Å². The van der Waals surface area contributed by atoms with E-state index >= 15 is 0 Å². The summed E-state index contributed by atoms with van der Waals surface area (Å²) in [4.78, 5) is 33.1. The Morgan fingerprint density at radius 3 is 2.43 bits per heavy atom. The third-order valence-electron chi connectivity index (χ3n) is 6.99. The van der Waals surface area contributed by atoms with Gasteiger partial charge in [0.1, 0.15) is 6.29 Å². The molecule has 1 saturated heterocycles. The van der Waals surface area contributed by atoms with Gasteiger partial charge in [-0.25, -0.2) is 19.9 Å². The summed E-state index contributed by atoms with van der Waals surface area (Å²) < 4.78 is 8.15. The number of aldehydes is 1. The van der Waals surface area contributed by atoms with Crippen molar-refractivity contribution >= 4 is 35.4 Å². The molecule has 0 amide bonds. The minimum Gasteiger partial charge on any atom is -0.436 e. The highest BCUT2D eigenvalue weighted by atomic mass is 35.5. The Kier molecular flexibility index (Phi) is 11.7. The van der Waals surface area contributed by atoms with Gasteiger partial charge in [-0.1, -0.05) is 23.2 Å². The van der Waals surface area contributed by atoms with Crippen LogP contribution < -0.4 is 9.64 Å². The van der Waals surface area contributed by atoms with Gasteiger partial charge in [0.05, 0.1) is 24.4 Å². The first-order valence-corrected chi connectivity index (χ1v) is 14.5. The molecule has 3 aromatic heterocycles. The van der Waals surface area contributed by atoms with E-state index in [-0.39, 0.29) is 0 Å². The van der Waals surface area contributed by atoms with Crippen LogP contribution in [-0.4, -0.2) is 74.6 Å². The number of anilines is 1. The molecule has 222 valence electrons. The molecular formula is C30H35Cl2N7O3. The third-order valence-corrected chi connectivity index (χ3v) is 7.43. The highest BCUT2D eigenvalue weighted by molar-refractivity contribution is 6.35. The van der Waals surface area contributed by atoms with Crippen molar-refractivity contribution in [2.24, 2.45) is 5.92 Å². The van der Waals surface area contributed by atoms with Crippen LogP contribution in [0.15, 0.2) is 61.4 Å². The maximum atomic E-state index is 10.9. The first-order chi connectivity index (χ1) is 20.4. The molecule has 1 fully saturated rings. The number of carbonyl (C=O) groups is 1. The monoisotopic (exact) mass is 611 g/mol. The largest absolute Gasteiger partial charge is 0.436 e. The minimum absolute atomic E-state index is 0.434. The van der Waals surface area contributed by atoms with Crippen molar-refractivity contribution in [3.8, 4) is 22.9 Å². The van der Waals surface area contributed by atoms with E-state index in [4.69, 9.17) is 38.0 Å². The zero-order valence-electron chi connectivity index (χ0n) is 23.7. The van der Waals surface area contributed by atoms with Gasteiger partial charge in [-0.15, -0.1) is 0 Å². The van der Waals surface area contributed by atoms with Crippen LogP contribution >= 0.6 is 23.2 Å². The summed E-state index contributed by atoms with van der Waals surface area (Å²) in [7, 11) is 2.95. The molecule has 0 bridgehead atoms. The summed E-state index contributed by atoms with van der Waals surface area (Å²) in [5.74, 6) is 1.99. The van der Waals surface area contributed by atoms with Crippen LogP contribution in [0.25, 0.3) is 11.3 Å². The van der Waals surface area contributed by atoms with Crippen molar-refractivity contribution in [3.63, 3.8) is 0 Å². The lowest BCUT2D eigenvalue weighted by molar-refractivity contribution is -0.108. The Labute approximate surface area is 255 Å². The van der Waals surface area contributed by atoms with Gasteiger partial charge in [-0.3, -0.25) is 4.90 Å². The molecule has 0 saturated carbocycles. The van der Waals surface area contributed by atoms with Crippen molar-refractivity contribution < 1.29 is 14.6 Å². The Morgan fingerprint density at radius 2 is 1.79 bits per heavy atom. The molecule has 4 heterocycles. The molecule has 0 spiro atoms. The number of halogens is 2. The van der Waals surface area contributed by atoms with Crippen LogP contribution in [0.2, 0.25) is 10.0 Å². The summed E-state index contributed by atoms with van der Waals surface area (Å²) in [5, 5.41) is 8.08. The fraction of sp³-hybridized carbons (Fsp3) is 0.367. The Morgan fingerprint density at radius 1 is 1.07 bits per heavy atom. The smallest absolute Gasteiger partial charge is 0.225 e. The second kappa shape index (κ2) is 15.6. The zero-order valence-corrected chi connectivity index (χ0v) is 25.2. The van der Waals surface area contributed by atoms with E-state index in [0.29, 0.717) is 45.7 Å². The van der Waals surface area contributed by atoms with Gasteiger partial charge in [0.2, 0.25) is 11.8 Å². The van der Waals surface area contributed by atoms with Crippen molar-refractivity contribution in [2.45, 2.75) is 32.4 Å². The van der Waals surface area contributed by atoms with Gasteiger partial charge in [0.15, 0.2) is 5.75 Å². The van der Waals surface area contributed by atoms with Gasteiger partial charge < -0.3 is 24.1 Å². The van der Waals surface area contributed by atoms with Gasteiger partial charge in [0, 0.05) is 74.3 Å². The van der Waals surface area contributed by atoms with Crippen molar-refractivity contribution in [1.82, 2.24) is 29.4 Å². The quantitative estimate of drug-likeness (QED) is 0.223. The van der Waals surface area contributed by atoms with E-state index in [2.05, 4.69) is 19.9 Å². The van der Waals surface area contributed by atoms with Crippen LogP contribution in [0.5, 0.6) is 11.6 Å². The molecule has 12 heteroatoms. The van der Waals surface area contributed by atoms with E-state index < -0.39 is 0 Å². The first kappa shape index (κ1) is 31.4. The number of likely N-dealkylation sites (tertiary alicyclic amines) is 1. The summed E-state index contributed by atoms with van der Waals surface area (Å²) in [6.45, 7) is 4.14. The zero-order chi connectivity index (χ0) is 29.9. The molecule has 5 rings (SSSR count). The molecule has 1 aliphatic rings. The lowest BCUT2D eigenvalue weighted by Crippen LogP contribution is -2.33. The van der Waals surface area contributed by atoms with Gasteiger partial charge >= 0.3 is 0 Å². The predicted octanol–water partition coefficient (Wildman–Crippen LogP) is 5.38. The van der Waals surface area contributed by atoms with E-state index in [0.717, 1.165) is 70.1 Å². The number of aliphatic hydroxyl groups is 1. The number of nitrogens with zero attached hydrogens (tertiary/aromatic N) is 7. The Balaban J connectivity index is 0.00000198. The number of piperidine rings is 1. The third kappa shape index (κ3) is 8.96. The van der Waals surface area contributed by atoms with Crippen LogP contribution in [0.3, 0.4) is 0 Å². The molecule has 1 aliphatic heterocycles. The number of benzene rings is 1. The molecule has 0 aliphatic carbocycles. The maximum Gasteiger partial charge on any atom is 0.225 e. The molecule has 1 N–H and O–H groups in total. The number of pyridine rings is 1. The number of ether oxygens (including phenoxy) is 1. The van der Waals surface area contributed by atoms with E-state index in [9.17, 15) is 4.79 Å². The Hall–Kier alpha value is -3.57.